The molecule has 5 rings (SSSR count). The van der Waals surface area contributed by atoms with E-state index in [1.54, 1.807) is 0 Å². The third kappa shape index (κ3) is 4.00. The van der Waals surface area contributed by atoms with E-state index < -0.39 is 0 Å². The fraction of sp³-hybridized carbons (Fsp3) is 0.310. The number of rotatable bonds is 3. The Labute approximate surface area is 195 Å². The van der Waals surface area contributed by atoms with Gasteiger partial charge >= 0.3 is 0 Å². The first-order valence-electron chi connectivity index (χ1n) is 11.7. The Morgan fingerprint density at radius 2 is 1.42 bits per heavy atom. The van der Waals surface area contributed by atoms with Gasteiger partial charge in [-0.3, -0.25) is 14.5 Å². The summed E-state index contributed by atoms with van der Waals surface area (Å²) < 4.78 is 0. The zero-order valence-electron chi connectivity index (χ0n) is 19.6. The summed E-state index contributed by atoms with van der Waals surface area (Å²) in [5.41, 5.74) is 6.44. The van der Waals surface area contributed by atoms with Crippen molar-refractivity contribution in [2.75, 3.05) is 26.2 Å². The molecule has 1 amide bonds. The minimum Gasteiger partial charge on any atom is -0.336 e. The Morgan fingerprint density at radius 3 is 2.09 bits per heavy atom. The molecule has 0 bridgehead atoms. The van der Waals surface area contributed by atoms with Crippen molar-refractivity contribution in [3.05, 3.63) is 94.5 Å². The molecule has 2 aliphatic rings. The molecule has 1 aliphatic carbocycles. The van der Waals surface area contributed by atoms with Crippen molar-refractivity contribution in [3.8, 4) is 11.1 Å². The van der Waals surface area contributed by atoms with Crippen LogP contribution in [0.15, 0.2) is 66.7 Å². The number of carbonyl (C=O) groups is 2. The summed E-state index contributed by atoms with van der Waals surface area (Å²) in [6.07, 6.45) is 0. The Bertz CT molecular complexity index is 1210. The third-order valence-corrected chi connectivity index (χ3v) is 6.87. The summed E-state index contributed by atoms with van der Waals surface area (Å²) in [7, 11) is 0. The highest BCUT2D eigenvalue weighted by Crippen LogP contribution is 2.39. The molecule has 1 aliphatic heterocycles. The molecule has 3 aromatic carbocycles. The van der Waals surface area contributed by atoms with E-state index in [4.69, 9.17) is 0 Å². The van der Waals surface area contributed by atoms with E-state index in [0.717, 1.165) is 30.8 Å². The molecular weight excluding hydrogens is 408 g/mol. The van der Waals surface area contributed by atoms with Crippen molar-refractivity contribution in [2.24, 2.45) is 0 Å². The topological polar surface area (TPSA) is 40.6 Å². The normalized spacial score (nSPS) is 16.0. The second-order valence-corrected chi connectivity index (χ2v) is 10.1. The maximum atomic E-state index is 13.5. The summed E-state index contributed by atoms with van der Waals surface area (Å²) >= 11 is 0. The number of benzene rings is 3. The SMILES string of the molecule is CC(C)(C)c1ccc(CN2CCN(C(=O)c3cccc4c3-c3ccccc3C4=O)CC2)cc1. The Kier molecular flexibility index (Phi) is 5.41. The van der Waals surface area contributed by atoms with E-state index in [0.29, 0.717) is 29.8 Å². The molecule has 1 saturated heterocycles. The molecule has 0 N–H and O–H groups in total. The van der Waals surface area contributed by atoms with Crippen LogP contribution < -0.4 is 0 Å². The number of hydrogen-bond acceptors (Lipinski definition) is 3. The van der Waals surface area contributed by atoms with E-state index in [-0.39, 0.29) is 17.1 Å². The third-order valence-electron chi connectivity index (χ3n) is 6.87. The van der Waals surface area contributed by atoms with Crippen LogP contribution in [0.3, 0.4) is 0 Å². The molecule has 1 fully saturated rings. The first kappa shape index (κ1) is 21.6. The summed E-state index contributed by atoms with van der Waals surface area (Å²) in [4.78, 5) is 30.6. The predicted octanol–water partition coefficient (Wildman–Crippen LogP) is 5.15. The number of fused-ring (bicyclic) bond motifs is 3. The molecule has 0 spiro atoms. The molecule has 4 nitrogen and oxygen atoms in total. The molecule has 0 atom stereocenters. The zero-order chi connectivity index (χ0) is 23.2. The maximum absolute atomic E-state index is 13.5. The van der Waals surface area contributed by atoms with Crippen molar-refractivity contribution < 1.29 is 9.59 Å². The van der Waals surface area contributed by atoms with Gasteiger partial charge < -0.3 is 4.90 Å². The molecular formula is C29H30N2O2. The van der Waals surface area contributed by atoms with E-state index in [9.17, 15) is 9.59 Å². The van der Waals surface area contributed by atoms with Crippen molar-refractivity contribution in [2.45, 2.75) is 32.7 Å². The zero-order valence-corrected chi connectivity index (χ0v) is 19.6. The van der Waals surface area contributed by atoms with Crippen LogP contribution in [0.4, 0.5) is 0 Å². The van der Waals surface area contributed by atoms with Gasteiger partial charge in [-0.25, -0.2) is 0 Å². The van der Waals surface area contributed by atoms with Gasteiger partial charge in [-0.2, -0.15) is 0 Å². The molecule has 0 radical (unpaired) electrons. The van der Waals surface area contributed by atoms with Crippen molar-refractivity contribution in [3.63, 3.8) is 0 Å². The van der Waals surface area contributed by atoms with Gasteiger partial charge in [0.15, 0.2) is 5.78 Å². The van der Waals surface area contributed by atoms with Crippen LogP contribution >= 0.6 is 0 Å². The minimum absolute atomic E-state index is 0.0116. The number of ketones is 1. The molecule has 168 valence electrons. The van der Waals surface area contributed by atoms with Crippen LogP contribution in [0, 0.1) is 0 Å². The summed E-state index contributed by atoms with van der Waals surface area (Å²) in [6, 6.07) is 22.0. The van der Waals surface area contributed by atoms with Crippen LogP contribution in [0.2, 0.25) is 0 Å². The minimum atomic E-state index is 0.0116. The molecule has 1 heterocycles. The Hall–Kier alpha value is -3.24. The van der Waals surface area contributed by atoms with Gasteiger partial charge in [0.25, 0.3) is 5.91 Å². The van der Waals surface area contributed by atoms with Crippen LogP contribution in [0.25, 0.3) is 11.1 Å². The molecule has 33 heavy (non-hydrogen) atoms. The molecule has 0 saturated carbocycles. The average Bonchev–Trinajstić information content (AvgIpc) is 3.11. The lowest BCUT2D eigenvalue weighted by atomic mass is 9.87. The highest BCUT2D eigenvalue weighted by Gasteiger charge is 2.32. The first-order chi connectivity index (χ1) is 15.8. The van der Waals surface area contributed by atoms with Crippen molar-refractivity contribution >= 4 is 11.7 Å². The van der Waals surface area contributed by atoms with Gasteiger partial charge in [0.1, 0.15) is 0 Å². The number of hydrogen-bond donors (Lipinski definition) is 0. The number of piperazine rings is 1. The highest BCUT2D eigenvalue weighted by molar-refractivity contribution is 6.24. The maximum Gasteiger partial charge on any atom is 0.254 e. The van der Waals surface area contributed by atoms with Gasteiger partial charge in [-0.1, -0.05) is 81.4 Å². The average molecular weight is 439 g/mol. The standard InChI is InChI=1S/C29H30N2O2/c1-29(2,3)21-13-11-20(12-14-21)19-30-15-17-31(18-16-30)28(33)25-10-6-9-24-26(25)22-7-4-5-8-23(22)27(24)32/h4-14H,15-19H2,1-3H3. The van der Waals surface area contributed by atoms with Crippen LogP contribution in [0.5, 0.6) is 0 Å². The summed E-state index contributed by atoms with van der Waals surface area (Å²) in [5.74, 6) is 0.0306. The van der Waals surface area contributed by atoms with Gasteiger partial charge in [0.2, 0.25) is 0 Å². The molecule has 3 aromatic rings. The quantitative estimate of drug-likeness (QED) is 0.444. The van der Waals surface area contributed by atoms with E-state index >= 15 is 0 Å². The lowest BCUT2D eigenvalue weighted by Crippen LogP contribution is -2.48. The summed E-state index contributed by atoms with van der Waals surface area (Å²) in [6.45, 7) is 10.7. The Morgan fingerprint density at radius 1 is 0.788 bits per heavy atom. The van der Waals surface area contributed by atoms with E-state index in [1.807, 2.05) is 47.4 Å². The molecule has 0 unspecified atom stereocenters. The fourth-order valence-corrected chi connectivity index (χ4v) is 4.90. The van der Waals surface area contributed by atoms with Gasteiger partial charge in [0.05, 0.1) is 0 Å². The largest absolute Gasteiger partial charge is 0.336 e. The Balaban J connectivity index is 1.28. The number of nitrogens with zero attached hydrogens (tertiary/aromatic N) is 2. The lowest BCUT2D eigenvalue weighted by molar-refractivity contribution is 0.0629. The fourth-order valence-electron chi connectivity index (χ4n) is 4.90. The predicted molar refractivity (Wildman–Crippen MR) is 132 cm³/mol. The van der Waals surface area contributed by atoms with Gasteiger partial charge in [-0.05, 0) is 28.2 Å². The second-order valence-electron chi connectivity index (χ2n) is 10.1. The van der Waals surface area contributed by atoms with E-state index in [1.165, 1.54) is 11.1 Å². The molecule has 4 heteroatoms. The number of carbonyl (C=O) groups excluding carboxylic acids is 2. The van der Waals surface area contributed by atoms with Gasteiger partial charge in [-0.15, -0.1) is 0 Å². The first-order valence-corrected chi connectivity index (χ1v) is 11.7. The van der Waals surface area contributed by atoms with Crippen LogP contribution in [-0.2, 0) is 12.0 Å². The summed E-state index contributed by atoms with van der Waals surface area (Å²) in [5, 5.41) is 0. The smallest absolute Gasteiger partial charge is 0.254 e. The van der Waals surface area contributed by atoms with Crippen LogP contribution in [-0.4, -0.2) is 47.7 Å². The van der Waals surface area contributed by atoms with Crippen LogP contribution in [0.1, 0.15) is 58.2 Å². The molecule has 0 aromatic heterocycles. The van der Waals surface area contributed by atoms with Crippen molar-refractivity contribution in [1.29, 1.82) is 0 Å². The second kappa shape index (κ2) is 8.27. The van der Waals surface area contributed by atoms with E-state index in [2.05, 4.69) is 49.9 Å². The van der Waals surface area contributed by atoms with Gasteiger partial charge in [0, 0.05) is 55.0 Å². The highest BCUT2D eigenvalue weighted by atomic mass is 16.2. The monoisotopic (exact) mass is 438 g/mol. The number of amides is 1. The van der Waals surface area contributed by atoms with Crippen molar-refractivity contribution in [1.82, 2.24) is 9.80 Å². The lowest BCUT2D eigenvalue weighted by Gasteiger charge is -2.35.